The van der Waals surface area contributed by atoms with Crippen molar-refractivity contribution in [3.63, 3.8) is 0 Å². The molecule has 2 atom stereocenters. The van der Waals surface area contributed by atoms with Crippen molar-refractivity contribution in [3.05, 3.63) is 129 Å². The Bertz CT molecular complexity index is 2180. The molecule has 4 aromatic carbocycles. The van der Waals surface area contributed by atoms with Crippen LogP contribution in [0.1, 0.15) is 106 Å². The number of benzene rings is 4. The number of nitrogens with one attached hydrogen (secondary N) is 4. The number of ether oxygens (including phenoxy) is 2. The van der Waals surface area contributed by atoms with Crippen LogP contribution in [-0.4, -0.2) is 54.4 Å². The molecule has 6 rings (SSSR count). The van der Waals surface area contributed by atoms with Crippen LogP contribution >= 0.6 is 24.8 Å². The maximum atomic E-state index is 12.7. The third-order valence-electron chi connectivity index (χ3n) is 9.95. The van der Waals surface area contributed by atoms with Crippen molar-refractivity contribution < 1.29 is 33.4 Å². The summed E-state index contributed by atoms with van der Waals surface area (Å²) in [5, 5.41) is 20.5. The predicted molar refractivity (Wildman–Crippen MR) is 239 cm³/mol. The third-order valence-corrected chi connectivity index (χ3v) is 9.95. The monoisotopic (exact) mass is 860 g/mol. The molecular weight excluding hydrogens is 807 g/mol. The fourth-order valence-electron chi connectivity index (χ4n) is 6.96. The van der Waals surface area contributed by atoms with Gasteiger partial charge in [-0.15, -0.1) is 24.8 Å². The van der Waals surface area contributed by atoms with Crippen molar-refractivity contribution >= 4 is 77.4 Å². The molecule has 0 saturated carbocycles. The molecule has 0 saturated heterocycles. The lowest BCUT2D eigenvalue weighted by molar-refractivity contribution is -0.145. The Balaban J connectivity index is 0.000000394. The lowest BCUT2D eigenvalue weighted by atomic mass is 9.81. The van der Waals surface area contributed by atoms with Gasteiger partial charge in [-0.3, -0.25) is 34.8 Å². The van der Waals surface area contributed by atoms with Crippen molar-refractivity contribution in [1.82, 2.24) is 0 Å². The molecule has 0 fully saturated rings. The molecule has 320 valence electrons. The number of nitrogen functional groups attached to an aromatic ring is 2. The first kappa shape index (κ1) is 50.1. The number of nitrogens with two attached hydrogens (primary N) is 2. The summed E-state index contributed by atoms with van der Waals surface area (Å²) in [5.41, 5.74) is 18.2. The Morgan fingerprint density at radius 1 is 0.633 bits per heavy atom. The van der Waals surface area contributed by atoms with Crippen molar-refractivity contribution in [3.8, 4) is 0 Å². The number of anilines is 2. The summed E-state index contributed by atoms with van der Waals surface area (Å²) >= 11 is 0. The van der Waals surface area contributed by atoms with E-state index in [0.29, 0.717) is 71.9 Å². The molecule has 0 heterocycles. The quantitative estimate of drug-likeness (QED) is 0.0466. The maximum absolute atomic E-state index is 12.7. The van der Waals surface area contributed by atoms with E-state index in [0.717, 1.165) is 30.5 Å². The fourth-order valence-corrected chi connectivity index (χ4v) is 6.96. The van der Waals surface area contributed by atoms with Crippen LogP contribution in [0.3, 0.4) is 0 Å². The number of hydrogen-bond acceptors (Lipinski definition) is 9. The Hall–Kier alpha value is -6.05. The van der Waals surface area contributed by atoms with E-state index in [1.165, 1.54) is 11.1 Å². The average Bonchev–Trinajstić information content (AvgIpc) is 3.19. The van der Waals surface area contributed by atoms with Gasteiger partial charge < -0.3 is 31.6 Å². The third kappa shape index (κ3) is 13.5. The van der Waals surface area contributed by atoms with Gasteiger partial charge in [0, 0.05) is 51.5 Å². The van der Waals surface area contributed by atoms with Crippen LogP contribution in [-0.2, 0) is 38.3 Å². The summed E-state index contributed by atoms with van der Waals surface area (Å²) in [6.07, 6.45) is 4.47. The Labute approximate surface area is 363 Å². The maximum Gasteiger partial charge on any atom is 0.306 e. The van der Waals surface area contributed by atoms with Crippen LogP contribution in [0.4, 0.5) is 11.4 Å². The number of carbonyl (C=O) groups is 5. The van der Waals surface area contributed by atoms with E-state index in [1.807, 2.05) is 25.1 Å². The van der Waals surface area contributed by atoms with Gasteiger partial charge in [0.1, 0.15) is 11.7 Å². The Morgan fingerprint density at radius 3 is 1.58 bits per heavy atom. The number of fused-ring (bicyclic) bond motifs is 2. The highest BCUT2D eigenvalue weighted by molar-refractivity contribution is 6.07. The molecule has 4 aromatic rings. The van der Waals surface area contributed by atoms with Gasteiger partial charge in [-0.25, -0.2) is 0 Å². The number of ketones is 1. The summed E-state index contributed by atoms with van der Waals surface area (Å²) in [6, 6.07) is 24.2. The molecule has 2 unspecified atom stereocenters. The Kier molecular flexibility index (Phi) is 19.6. The van der Waals surface area contributed by atoms with Crippen LogP contribution in [0, 0.1) is 22.7 Å². The molecule has 15 heteroatoms. The van der Waals surface area contributed by atoms with E-state index in [9.17, 15) is 24.0 Å². The van der Waals surface area contributed by atoms with Gasteiger partial charge >= 0.3 is 11.9 Å². The van der Waals surface area contributed by atoms with E-state index in [2.05, 4.69) is 10.6 Å². The van der Waals surface area contributed by atoms with Gasteiger partial charge in [0.2, 0.25) is 0 Å². The first-order valence-electron chi connectivity index (χ1n) is 19.0. The van der Waals surface area contributed by atoms with Crippen LogP contribution in [0.15, 0.2) is 84.9 Å². The van der Waals surface area contributed by atoms with E-state index in [1.54, 1.807) is 73.7 Å². The molecule has 0 bridgehead atoms. The highest BCUT2D eigenvalue weighted by Crippen LogP contribution is 2.31. The zero-order valence-electron chi connectivity index (χ0n) is 32.9. The average molecular weight is 862 g/mol. The smallest absolute Gasteiger partial charge is 0.306 e. The van der Waals surface area contributed by atoms with Gasteiger partial charge in [0.25, 0.3) is 11.8 Å². The normalized spacial score (nSPS) is 14.6. The minimum Gasteiger partial charge on any atom is -0.466 e. The number of Topliss-reactive ketones (excluding diaryl/α,β-unsaturated/α-hetero) is 1. The van der Waals surface area contributed by atoms with Crippen LogP contribution in [0.2, 0.25) is 0 Å². The first-order valence-corrected chi connectivity index (χ1v) is 19.0. The van der Waals surface area contributed by atoms with Gasteiger partial charge in [-0.1, -0.05) is 37.8 Å². The number of amidine groups is 2. The number of aryl methyl sites for hydroxylation is 2. The second kappa shape index (κ2) is 23.5. The summed E-state index contributed by atoms with van der Waals surface area (Å²) in [6.45, 7) is 4.28. The molecule has 0 aromatic heterocycles. The fraction of sp³-hybridized carbons (Fsp3) is 0.311. The van der Waals surface area contributed by atoms with Gasteiger partial charge in [0.15, 0.2) is 5.78 Å². The molecule has 2 aliphatic carbocycles. The van der Waals surface area contributed by atoms with Crippen LogP contribution < -0.4 is 22.1 Å². The summed E-state index contributed by atoms with van der Waals surface area (Å²) < 4.78 is 10.0. The summed E-state index contributed by atoms with van der Waals surface area (Å²) in [7, 11) is 0. The number of esters is 2. The van der Waals surface area contributed by atoms with E-state index < -0.39 is 0 Å². The number of amides is 2. The number of rotatable bonds is 12. The number of carbonyl (C=O) groups excluding carboxylic acids is 5. The molecule has 2 aliphatic rings. The van der Waals surface area contributed by atoms with Crippen LogP contribution in [0.25, 0.3) is 0 Å². The highest BCUT2D eigenvalue weighted by Gasteiger charge is 2.30. The zero-order valence-corrected chi connectivity index (χ0v) is 34.6. The van der Waals surface area contributed by atoms with Gasteiger partial charge in [-0.2, -0.15) is 0 Å². The molecular formula is C45H54Cl2N6O7. The van der Waals surface area contributed by atoms with Crippen molar-refractivity contribution in [1.29, 1.82) is 10.8 Å². The van der Waals surface area contributed by atoms with Crippen LogP contribution in [0.5, 0.6) is 0 Å². The second-order valence-electron chi connectivity index (χ2n) is 14.0. The second-order valence-corrected chi connectivity index (χ2v) is 14.0. The predicted octanol–water partition coefficient (Wildman–Crippen LogP) is 7.68. The summed E-state index contributed by atoms with van der Waals surface area (Å²) in [5.74, 6) is -1.16. The Morgan fingerprint density at radius 2 is 1.08 bits per heavy atom. The number of hydrogen-bond donors (Lipinski definition) is 6. The molecule has 8 N–H and O–H groups in total. The summed E-state index contributed by atoms with van der Waals surface area (Å²) in [4.78, 5) is 61.0. The van der Waals surface area contributed by atoms with E-state index >= 15 is 0 Å². The van der Waals surface area contributed by atoms with Crippen molar-refractivity contribution in [2.75, 3.05) is 23.8 Å². The van der Waals surface area contributed by atoms with Crippen molar-refractivity contribution in [2.24, 2.45) is 23.3 Å². The number of halogens is 2. The van der Waals surface area contributed by atoms with E-state index in [4.69, 9.17) is 31.8 Å². The highest BCUT2D eigenvalue weighted by atomic mass is 35.5. The molecule has 0 aliphatic heterocycles. The largest absolute Gasteiger partial charge is 0.466 e. The minimum absolute atomic E-state index is 0. The standard InChI is InChI=1S/C22H23N3O4.C22H25N3O3.CH4.2ClH/c1-2-29-19(26)12-16-8-7-15-11-17(9-10-18(15)20(16)27)25-22(28)14-5-3-13(4-6-14)21(23)24;1-2-28-20(26)12-14-3-4-18-13-19(10-9-17(18)11-14)25-22(27)16-7-5-15(6-8-16)21(23)24;;;/h3-6,9-11,16H,2,7-8,12H2,1H3,(H3,23,24)(H,25,28);5-10,13-14H,2-4,11-12H2,1H3,(H3,23,24)(H,25,27);1H4;2*1H. The van der Waals surface area contributed by atoms with E-state index in [-0.39, 0.29) is 85.8 Å². The molecule has 0 radical (unpaired) electrons. The zero-order chi connectivity index (χ0) is 41.1. The topological polar surface area (TPSA) is 228 Å². The van der Waals surface area contributed by atoms with Crippen molar-refractivity contribution in [2.45, 2.75) is 66.2 Å². The lowest BCUT2D eigenvalue weighted by Gasteiger charge is -2.24. The molecule has 13 nitrogen and oxygen atoms in total. The van der Waals surface area contributed by atoms with Gasteiger partial charge in [-0.05, 0) is 123 Å². The first-order chi connectivity index (χ1) is 27.3. The SMILES string of the molecule is C.CCOC(=O)CC1CCc2cc(NC(=O)c3ccc(C(=N)N)cc3)ccc2C1.CCOC(=O)CC1CCc2cc(NC(=O)c3ccc(C(=N)N)cc3)ccc2C1=O.Cl.Cl. The molecule has 0 spiro atoms. The molecule has 60 heavy (non-hydrogen) atoms. The van der Waals surface area contributed by atoms with Gasteiger partial charge in [0.05, 0.1) is 19.6 Å². The minimum atomic E-state index is -0.359. The lowest BCUT2D eigenvalue weighted by Crippen LogP contribution is -2.26. The molecule has 2 amide bonds.